The van der Waals surface area contributed by atoms with Crippen molar-refractivity contribution >= 4 is 29.0 Å². The molecule has 0 heterocycles. The van der Waals surface area contributed by atoms with Gasteiger partial charge in [0.2, 0.25) is 0 Å². The van der Waals surface area contributed by atoms with E-state index < -0.39 is 0 Å². The SMILES string of the molecule is CCCCNC(=S)NC(=O)Nc1ccccc1. The number of hydrogen-bond donors (Lipinski definition) is 3. The van der Waals surface area contributed by atoms with Crippen LogP contribution in [-0.2, 0) is 0 Å². The van der Waals surface area contributed by atoms with Crippen LogP contribution in [0.15, 0.2) is 30.3 Å². The average molecular weight is 251 g/mol. The predicted octanol–water partition coefficient (Wildman–Crippen LogP) is 2.48. The third kappa shape index (κ3) is 5.87. The maximum Gasteiger partial charge on any atom is 0.325 e. The Kier molecular flexibility index (Phi) is 6.03. The zero-order chi connectivity index (χ0) is 12.5. The fraction of sp³-hybridized carbons (Fsp3) is 0.333. The van der Waals surface area contributed by atoms with E-state index in [1.54, 1.807) is 0 Å². The Morgan fingerprint density at radius 1 is 1.29 bits per heavy atom. The molecular formula is C12H17N3OS. The summed E-state index contributed by atoms with van der Waals surface area (Å²) in [6.07, 6.45) is 2.12. The van der Waals surface area contributed by atoms with Crippen LogP contribution in [0.5, 0.6) is 0 Å². The van der Waals surface area contributed by atoms with Gasteiger partial charge < -0.3 is 10.6 Å². The zero-order valence-corrected chi connectivity index (χ0v) is 10.6. The molecule has 0 aromatic heterocycles. The number of para-hydroxylation sites is 1. The molecule has 3 N–H and O–H groups in total. The van der Waals surface area contributed by atoms with Crippen LogP contribution in [0.4, 0.5) is 10.5 Å². The molecule has 5 heteroatoms. The molecule has 0 aliphatic carbocycles. The van der Waals surface area contributed by atoms with E-state index in [-0.39, 0.29) is 6.03 Å². The number of hydrogen-bond acceptors (Lipinski definition) is 2. The lowest BCUT2D eigenvalue weighted by atomic mass is 10.3. The van der Waals surface area contributed by atoms with E-state index >= 15 is 0 Å². The molecule has 1 rings (SSSR count). The van der Waals surface area contributed by atoms with Gasteiger partial charge in [0, 0.05) is 12.2 Å². The molecule has 1 aromatic rings. The first-order valence-corrected chi connectivity index (χ1v) is 6.04. The quantitative estimate of drug-likeness (QED) is 0.569. The third-order valence-electron chi connectivity index (χ3n) is 2.07. The van der Waals surface area contributed by atoms with Gasteiger partial charge >= 0.3 is 6.03 Å². The maximum atomic E-state index is 11.5. The van der Waals surface area contributed by atoms with E-state index in [2.05, 4.69) is 22.9 Å². The maximum absolute atomic E-state index is 11.5. The van der Waals surface area contributed by atoms with E-state index in [1.807, 2.05) is 30.3 Å². The van der Waals surface area contributed by atoms with Gasteiger partial charge in [0.1, 0.15) is 0 Å². The Bertz CT molecular complexity index is 367. The zero-order valence-electron chi connectivity index (χ0n) is 9.82. The molecular weight excluding hydrogens is 234 g/mol. The second kappa shape index (κ2) is 7.62. The molecule has 4 nitrogen and oxygen atoms in total. The summed E-state index contributed by atoms with van der Waals surface area (Å²) in [5.74, 6) is 0. The van der Waals surface area contributed by atoms with Gasteiger partial charge in [-0.05, 0) is 30.8 Å². The smallest absolute Gasteiger partial charge is 0.325 e. The molecule has 2 amide bonds. The first kappa shape index (κ1) is 13.4. The van der Waals surface area contributed by atoms with Gasteiger partial charge in [0.15, 0.2) is 5.11 Å². The molecule has 0 unspecified atom stereocenters. The van der Waals surface area contributed by atoms with Crippen molar-refractivity contribution in [1.82, 2.24) is 10.6 Å². The van der Waals surface area contributed by atoms with Gasteiger partial charge in [-0.3, -0.25) is 5.32 Å². The number of carbonyl (C=O) groups is 1. The van der Waals surface area contributed by atoms with Crippen LogP contribution >= 0.6 is 12.2 Å². The Morgan fingerprint density at radius 3 is 2.65 bits per heavy atom. The summed E-state index contributed by atoms with van der Waals surface area (Å²) in [6, 6.07) is 8.89. The van der Waals surface area contributed by atoms with Crippen molar-refractivity contribution in [2.24, 2.45) is 0 Å². The highest BCUT2D eigenvalue weighted by Gasteiger charge is 2.03. The summed E-state index contributed by atoms with van der Waals surface area (Å²) in [5, 5.41) is 8.56. The van der Waals surface area contributed by atoms with Crippen molar-refractivity contribution in [1.29, 1.82) is 0 Å². The molecule has 0 saturated carbocycles. The predicted molar refractivity (Wildman–Crippen MR) is 74.1 cm³/mol. The van der Waals surface area contributed by atoms with Crippen molar-refractivity contribution in [2.45, 2.75) is 19.8 Å². The van der Waals surface area contributed by atoms with Crippen LogP contribution in [0.1, 0.15) is 19.8 Å². The summed E-state index contributed by atoms with van der Waals surface area (Å²) in [6.45, 7) is 2.88. The van der Waals surface area contributed by atoms with E-state index in [1.165, 1.54) is 0 Å². The number of carbonyl (C=O) groups excluding carboxylic acids is 1. The van der Waals surface area contributed by atoms with Crippen molar-refractivity contribution in [3.63, 3.8) is 0 Å². The van der Waals surface area contributed by atoms with Crippen molar-refractivity contribution in [2.75, 3.05) is 11.9 Å². The number of benzene rings is 1. The van der Waals surface area contributed by atoms with Crippen LogP contribution in [-0.4, -0.2) is 17.7 Å². The molecule has 0 atom stereocenters. The number of anilines is 1. The molecule has 92 valence electrons. The van der Waals surface area contributed by atoms with Crippen molar-refractivity contribution < 1.29 is 4.79 Å². The number of nitrogens with one attached hydrogen (secondary N) is 3. The number of unbranched alkanes of at least 4 members (excludes halogenated alkanes) is 1. The van der Waals surface area contributed by atoms with Crippen LogP contribution in [0, 0.1) is 0 Å². The van der Waals surface area contributed by atoms with Crippen LogP contribution in [0.25, 0.3) is 0 Å². The summed E-state index contributed by atoms with van der Waals surface area (Å²) in [5.41, 5.74) is 0.737. The minimum Gasteiger partial charge on any atom is -0.362 e. The molecule has 0 aliphatic rings. The fourth-order valence-electron chi connectivity index (χ4n) is 1.21. The average Bonchev–Trinajstić information content (AvgIpc) is 2.30. The van der Waals surface area contributed by atoms with E-state index in [0.717, 1.165) is 25.1 Å². The third-order valence-corrected chi connectivity index (χ3v) is 2.32. The van der Waals surface area contributed by atoms with E-state index in [4.69, 9.17) is 12.2 Å². The molecule has 0 radical (unpaired) electrons. The summed E-state index contributed by atoms with van der Waals surface area (Å²) >= 11 is 4.98. The molecule has 1 aromatic carbocycles. The minimum atomic E-state index is -0.329. The molecule has 0 saturated heterocycles. The number of amides is 2. The highest BCUT2D eigenvalue weighted by Crippen LogP contribution is 2.03. The molecule has 0 aliphatic heterocycles. The first-order chi connectivity index (χ1) is 8.22. The molecule has 0 bridgehead atoms. The Hall–Kier alpha value is -1.62. The van der Waals surface area contributed by atoms with Gasteiger partial charge in [-0.25, -0.2) is 4.79 Å². The highest BCUT2D eigenvalue weighted by atomic mass is 32.1. The second-order valence-corrected chi connectivity index (χ2v) is 3.96. The van der Waals surface area contributed by atoms with E-state index in [0.29, 0.717) is 5.11 Å². The normalized spacial score (nSPS) is 9.47. The summed E-state index contributed by atoms with van der Waals surface area (Å²) in [7, 11) is 0. The monoisotopic (exact) mass is 251 g/mol. The van der Waals surface area contributed by atoms with Crippen LogP contribution < -0.4 is 16.0 Å². The second-order valence-electron chi connectivity index (χ2n) is 3.55. The molecule has 17 heavy (non-hydrogen) atoms. The Balaban J connectivity index is 2.27. The molecule has 0 spiro atoms. The van der Waals surface area contributed by atoms with E-state index in [9.17, 15) is 4.79 Å². The Morgan fingerprint density at radius 2 is 2.00 bits per heavy atom. The lowest BCUT2D eigenvalue weighted by molar-refractivity contribution is 0.256. The largest absolute Gasteiger partial charge is 0.362 e. The standard InChI is InChI=1S/C12H17N3OS/c1-2-3-9-13-12(17)15-11(16)14-10-7-5-4-6-8-10/h4-8H,2-3,9H2,1H3,(H3,13,14,15,16,17). The first-order valence-electron chi connectivity index (χ1n) is 5.63. The van der Waals surface area contributed by atoms with Crippen LogP contribution in [0.2, 0.25) is 0 Å². The lowest BCUT2D eigenvalue weighted by Crippen LogP contribution is -2.41. The topological polar surface area (TPSA) is 53.2 Å². The van der Waals surface area contributed by atoms with Crippen LogP contribution in [0.3, 0.4) is 0 Å². The van der Waals surface area contributed by atoms with Crippen molar-refractivity contribution in [3.8, 4) is 0 Å². The minimum absolute atomic E-state index is 0.329. The van der Waals surface area contributed by atoms with Gasteiger partial charge in [0.25, 0.3) is 0 Å². The highest BCUT2D eigenvalue weighted by molar-refractivity contribution is 7.80. The Labute approximate surface area is 107 Å². The summed E-state index contributed by atoms with van der Waals surface area (Å²) in [4.78, 5) is 11.5. The number of urea groups is 1. The fourth-order valence-corrected chi connectivity index (χ4v) is 1.40. The van der Waals surface area contributed by atoms with Gasteiger partial charge in [-0.2, -0.15) is 0 Å². The van der Waals surface area contributed by atoms with Gasteiger partial charge in [-0.1, -0.05) is 31.5 Å². The summed E-state index contributed by atoms with van der Waals surface area (Å²) < 4.78 is 0. The number of rotatable bonds is 4. The van der Waals surface area contributed by atoms with Gasteiger partial charge in [-0.15, -0.1) is 0 Å². The lowest BCUT2D eigenvalue weighted by Gasteiger charge is -2.09. The number of thiocarbonyl (C=S) groups is 1. The van der Waals surface area contributed by atoms with Crippen molar-refractivity contribution in [3.05, 3.63) is 30.3 Å². The molecule has 0 fully saturated rings. The van der Waals surface area contributed by atoms with Gasteiger partial charge in [0.05, 0.1) is 0 Å².